The normalized spacial score (nSPS) is 31.8. The molecule has 0 spiro atoms. The van der Waals surface area contributed by atoms with Crippen LogP contribution in [-0.4, -0.2) is 72.2 Å². The van der Waals surface area contributed by atoms with Gasteiger partial charge in [-0.05, 0) is 51.9 Å². The second-order valence-electron chi connectivity index (χ2n) is 10.4. The fourth-order valence-electron chi connectivity index (χ4n) is 6.46. The number of morpholine rings is 1. The number of amides is 1. The second-order valence-corrected chi connectivity index (χ2v) is 10.4. The highest BCUT2D eigenvalue weighted by Gasteiger charge is 2.39. The van der Waals surface area contributed by atoms with E-state index in [1.54, 1.807) is 7.05 Å². The van der Waals surface area contributed by atoms with Crippen LogP contribution in [0.1, 0.15) is 58.1 Å². The summed E-state index contributed by atoms with van der Waals surface area (Å²) in [6, 6.07) is 3.29. The Hall–Kier alpha value is -2.39. The first-order valence-electron chi connectivity index (χ1n) is 13.0. The van der Waals surface area contributed by atoms with Crippen LogP contribution in [0, 0.1) is 5.92 Å². The number of anilines is 2. The highest BCUT2D eigenvalue weighted by Crippen LogP contribution is 2.40. The molecule has 0 radical (unpaired) electrons. The molecule has 1 amide bonds. The first-order valence-corrected chi connectivity index (χ1v) is 13.0. The largest absolute Gasteiger partial charge is 0.377 e. The van der Waals surface area contributed by atoms with Crippen molar-refractivity contribution in [3.63, 3.8) is 0 Å². The van der Waals surface area contributed by atoms with Crippen molar-refractivity contribution in [2.45, 2.75) is 76.2 Å². The summed E-state index contributed by atoms with van der Waals surface area (Å²) in [5.41, 5.74) is 2.08. The summed E-state index contributed by atoms with van der Waals surface area (Å²) in [6.07, 6.45) is 9.13. The third kappa shape index (κ3) is 3.73. The molecule has 0 aliphatic carbocycles. The molecule has 0 aromatic carbocycles. The average Bonchev–Trinajstić information content (AvgIpc) is 3.41. The van der Waals surface area contributed by atoms with Gasteiger partial charge in [0.05, 0.1) is 42.6 Å². The summed E-state index contributed by atoms with van der Waals surface area (Å²) in [5, 5.41) is 8.70. The SMILES string of the molecule is CNC(=O)C1CCN(c2cc(N3C4CCC3COC4)nc3c2cnn3C2CCCCO2)C(C)C1. The van der Waals surface area contributed by atoms with Crippen molar-refractivity contribution in [2.75, 3.05) is 43.2 Å². The summed E-state index contributed by atoms with van der Waals surface area (Å²) >= 11 is 0. The lowest BCUT2D eigenvalue weighted by Crippen LogP contribution is -2.47. The van der Waals surface area contributed by atoms with E-state index in [1.165, 1.54) is 5.69 Å². The van der Waals surface area contributed by atoms with Gasteiger partial charge in [-0.25, -0.2) is 9.67 Å². The number of carbonyl (C=O) groups excluding carboxylic acids is 1. The molecule has 2 aromatic rings. The quantitative estimate of drug-likeness (QED) is 0.739. The average molecular weight is 469 g/mol. The predicted octanol–water partition coefficient (Wildman–Crippen LogP) is 2.85. The second kappa shape index (κ2) is 9.00. The van der Waals surface area contributed by atoms with Gasteiger partial charge in [-0.1, -0.05) is 0 Å². The van der Waals surface area contributed by atoms with Crippen molar-refractivity contribution in [3.05, 3.63) is 12.3 Å². The summed E-state index contributed by atoms with van der Waals surface area (Å²) in [7, 11) is 1.73. The first-order chi connectivity index (χ1) is 16.6. The van der Waals surface area contributed by atoms with Gasteiger partial charge in [-0.15, -0.1) is 0 Å². The van der Waals surface area contributed by atoms with E-state index in [2.05, 4.69) is 28.1 Å². The topological polar surface area (TPSA) is 84.8 Å². The van der Waals surface area contributed by atoms with E-state index in [9.17, 15) is 4.79 Å². The van der Waals surface area contributed by atoms with Crippen molar-refractivity contribution in [2.24, 2.45) is 5.92 Å². The van der Waals surface area contributed by atoms with Crippen molar-refractivity contribution in [3.8, 4) is 0 Å². The minimum absolute atomic E-state index is 0.0559. The number of ether oxygens (including phenoxy) is 2. The Morgan fingerprint density at radius 1 is 1.15 bits per heavy atom. The molecule has 5 atom stereocenters. The van der Waals surface area contributed by atoms with Crippen LogP contribution >= 0.6 is 0 Å². The van der Waals surface area contributed by atoms with Crippen LogP contribution in [0.2, 0.25) is 0 Å². The molecular formula is C25H36N6O3. The summed E-state index contributed by atoms with van der Waals surface area (Å²) in [6.45, 7) is 5.39. The highest BCUT2D eigenvalue weighted by atomic mass is 16.5. The number of pyridine rings is 1. The maximum Gasteiger partial charge on any atom is 0.222 e. The maximum absolute atomic E-state index is 12.3. The lowest BCUT2D eigenvalue weighted by molar-refractivity contribution is -0.125. The zero-order valence-corrected chi connectivity index (χ0v) is 20.3. The number of fused-ring (bicyclic) bond motifs is 3. The molecule has 34 heavy (non-hydrogen) atoms. The van der Waals surface area contributed by atoms with Crippen LogP contribution in [0.15, 0.2) is 12.3 Å². The molecule has 2 aromatic heterocycles. The van der Waals surface area contributed by atoms with Crippen molar-refractivity contribution in [1.29, 1.82) is 0 Å². The molecule has 4 saturated heterocycles. The zero-order chi connectivity index (χ0) is 23.2. The summed E-state index contributed by atoms with van der Waals surface area (Å²) < 4.78 is 14.0. The minimum atomic E-state index is -0.0559. The van der Waals surface area contributed by atoms with Crippen molar-refractivity contribution >= 4 is 28.4 Å². The van der Waals surface area contributed by atoms with E-state index in [0.29, 0.717) is 12.1 Å². The summed E-state index contributed by atoms with van der Waals surface area (Å²) in [4.78, 5) is 22.5. The van der Waals surface area contributed by atoms with Crippen LogP contribution in [0.4, 0.5) is 11.5 Å². The van der Waals surface area contributed by atoms with Gasteiger partial charge in [-0.3, -0.25) is 4.79 Å². The molecule has 0 saturated carbocycles. The van der Waals surface area contributed by atoms with Crippen LogP contribution in [0.3, 0.4) is 0 Å². The molecule has 184 valence electrons. The molecule has 6 rings (SSSR count). The van der Waals surface area contributed by atoms with E-state index >= 15 is 0 Å². The van der Waals surface area contributed by atoms with Crippen molar-refractivity contribution in [1.82, 2.24) is 20.1 Å². The Balaban J connectivity index is 1.41. The lowest BCUT2D eigenvalue weighted by Gasteiger charge is -2.40. The Labute approximate surface area is 200 Å². The van der Waals surface area contributed by atoms with Gasteiger partial charge in [-0.2, -0.15) is 5.10 Å². The Morgan fingerprint density at radius 3 is 2.68 bits per heavy atom. The van der Waals surface area contributed by atoms with Crippen molar-refractivity contribution < 1.29 is 14.3 Å². The standard InChI is InChI=1S/C25H36N6O3/c1-16-11-17(25(32)26-2)8-9-29(16)21-12-22(30-18-6-7-19(30)15-33-14-18)28-24-20(21)13-27-31(24)23-5-3-4-10-34-23/h12-13,16-19,23H,3-11,14-15H2,1-2H3,(H,26,32). The number of rotatable bonds is 4. The number of carbonyl (C=O) groups is 1. The predicted molar refractivity (Wildman–Crippen MR) is 130 cm³/mol. The smallest absolute Gasteiger partial charge is 0.222 e. The molecule has 1 N–H and O–H groups in total. The third-order valence-corrected chi connectivity index (χ3v) is 8.27. The van der Waals surface area contributed by atoms with Gasteiger partial charge in [0.25, 0.3) is 0 Å². The molecular weight excluding hydrogens is 432 g/mol. The molecule has 2 bridgehead atoms. The summed E-state index contributed by atoms with van der Waals surface area (Å²) in [5.74, 6) is 1.25. The number of hydrogen-bond acceptors (Lipinski definition) is 7. The maximum atomic E-state index is 12.3. The minimum Gasteiger partial charge on any atom is -0.377 e. The fourth-order valence-corrected chi connectivity index (χ4v) is 6.46. The molecule has 6 heterocycles. The van der Waals surface area contributed by atoms with Gasteiger partial charge in [0.15, 0.2) is 11.9 Å². The molecule has 5 unspecified atom stereocenters. The zero-order valence-electron chi connectivity index (χ0n) is 20.3. The van der Waals surface area contributed by atoms with E-state index < -0.39 is 0 Å². The van der Waals surface area contributed by atoms with Crippen LogP contribution in [0.25, 0.3) is 11.0 Å². The van der Waals surface area contributed by atoms with E-state index in [0.717, 1.165) is 88.2 Å². The Morgan fingerprint density at radius 2 is 1.97 bits per heavy atom. The van der Waals surface area contributed by atoms with E-state index in [4.69, 9.17) is 19.6 Å². The molecule has 9 nitrogen and oxygen atoms in total. The van der Waals surface area contributed by atoms with Crippen LogP contribution in [-0.2, 0) is 14.3 Å². The van der Waals surface area contributed by atoms with Gasteiger partial charge < -0.3 is 24.6 Å². The van der Waals surface area contributed by atoms with E-state index in [-0.39, 0.29) is 24.1 Å². The van der Waals surface area contributed by atoms with Gasteiger partial charge in [0.1, 0.15) is 5.82 Å². The van der Waals surface area contributed by atoms with Gasteiger partial charge in [0.2, 0.25) is 5.91 Å². The first kappa shape index (κ1) is 22.1. The molecule has 4 aliphatic heterocycles. The number of piperidine rings is 1. The third-order valence-electron chi connectivity index (χ3n) is 8.27. The highest BCUT2D eigenvalue weighted by molar-refractivity contribution is 5.92. The molecule has 4 aliphatic rings. The van der Waals surface area contributed by atoms with E-state index in [1.807, 2.05) is 10.9 Å². The number of nitrogens with zero attached hydrogens (tertiary/aromatic N) is 5. The fraction of sp³-hybridized carbons (Fsp3) is 0.720. The van der Waals surface area contributed by atoms with Gasteiger partial charge >= 0.3 is 0 Å². The molecule has 4 fully saturated rings. The van der Waals surface area contributed by atoms with Gasteiger partial charge in [0, 0.05) is 38.2 Å². The number of hydrogen-bond donors (Lipinski definition) is 1. The number of aromatic nitrogens is 3. The Kier molecular flexibility index (Phi) is 5.85. The monoisotopic (exact) mass is 468 g/mol. The number of nitrogens with one attached hydrogen (secondary N) is 1. The lowest BCUT2D eigenvalue weighted by atomic mass is 9.90. The molecule has 9 heteroatoms. The van der Waals surface area contributed by atoms with Crippen LogP contribution < -0.4 is 15.1 Å². The van der Waals surface area contributed by atoms with Crippen LogP contribution in [0.5, 0.6) is 0 Å². The Bertz CT molecular complexity index is 1030.